The minimum absolute atomic E-state index is 0.720. The van der Waals surface area contributed by atoms with Gasteiger partial charge in [-0.2, -0.15) is 0 Å². The highest BCUT2D eigenvalue weighted by Gasteiger charge is 2.08. The van der Waals surface area contributed by atoms with Crippen LogP contribution in [0.5, 0.6) is 0 Å². The third kappa shape index (κ3) is 4.81. The molecule has 0 aliphatic rings. The van der Waals surface area contributed by atoms with E-state index in [2.05, 4.69) is 47.7 Å². The molecule has 3 aromatic carbocycles. The summed E-state index contributed by atoms with van der Waals surface area (Å²) >= 11 is -1.36. The minimum Gasteiger partial charge on any atom is -0.586 e. The molecule has 3 rings (SSSR count). The van der Waals surface area contributed by atoms with Crippen molar-refractivity contribution in [2.24, 2.45) is 4.40 Å². The molecule has 0 N–H and O–H groups in total. The van der Waals surface area contributed by atoms with Crippen LogP contribution in [0.2, 0.25) is 0 Å². The third-order valence-corrected chi connectivity index (χ3v) is 5.13. The molecule has 0 aliphatic carbocycles. The van der Waals surface area contributed by atoms with Crippen LogP contribution in [0, 0.1) is 13.8 Å². The maximum absolute atomic E-state index is 12.2. The topological polar surface area (TPSA) is 35.4 Å². The second kappa shape index (κ2) is 8.15. The zero-order valence-corrected chi connectivity index (χ0v) is 15.3. The smallest absolute Gasteiger partial charge is 0.182 e. The first-order chi connectivity index (χ1) is 12.1. The molecule has 25 heavy (non-hydrogen) atoms. The summed E-state index contributed by atoms with van der Waals surface area (Å²) in [5.41, 5.74) is 6.00. The van der Waals surface area contributed by atoms with Gasteiger partial charge in [-0.15, -0.1) is 0 Å². The quantitative estimate of drug-likeness (QED) is 0.470. The molecular weight excluding hydrogens is 326 g/mol. The van der Waals surface area contributed by atoms with Crippen LogP contribution >= 0.6 is 0 Å². The molecule has 0 bridgehead atoms. The van der Waals surface area contributed by atoms with Gasteiger partial charge in [0, 0.05) is 0 Å². The summed E-state index contributed by atoms with van der Waals surface area (Å²) in [6.07, 6.45) is 2.59. The summed E-state index contributed by atoms with van der Waals surface area (Å²) in [5.74, 6) is 0. The lowest BCUT2D eigenvalue weighted by Crippen LogP contribution is -1.98. The van der Waals surface area contributed by atoms with Crippen molar-refractivity contribution in [1.82, 2.24) is 0 Å². The number of aryl methyl sites for hydroxylation is 2. The fourth-order valence-corrected chi connectivity index (χ4v) is 3.28. The summed E-state index contributed by atoms with van der Waals surface area (Å²) < 4.78 is 16.4. The Morgan fingerprint density at radius 2 is 1.56 bits per heavy atom. The molecule has 0 aliphatic heterocycles. The molecule has 0 saturated carbocycles. The van der Waals surface area contributed by atoms with Gasteiger partial charge in [-0.1, -0.05) is 70.6 Å². The van der Waals surface area contributed by atoms with Crippen LogP contribution in [-0.4, -0.2) is 10.8 Å². The molecule has 0 saturated heterocycles. The van der Waals surface area contributed by atoms with E-state index in [-0.39, 0.29) is 0 Å². The van der Waals surface area contributed by atoms with Crippen LogP contribution in [0.4, 0.5) is 0 Å². The highest BCUT2D eigenvalue weighted by molar-refractivity contribution is 7.90. The lowest BCUT2D eigenvalue weighted by atomic mass is 10.00. The summed E-state index contributed by atoms with van der Waals surface area (Å²) in [7, 11) is 0. The van der Waals surface area contributed by atoms with E-state index in [1.807, 2.05) is 43.3 Å². The Bertz CT molecular complexity index is 854. The SMILES string of the molecule is Cc1ccc([S+]([O-])N=Cc2ccc(Cc3ccccc3C)cc2)cc1. The van der Waals surface area contributed by atoms with Crippen molar-refractivity contribution in [2.45, 2.75) is 25.2 Å². The molecule has 0 radical (unpaired) electrons. The Morgan fingerprint density at radius 1 is 0.880 bits per heavy atom. The molecule has 0 fully saturated rings. The van der Waals surface area contributed by atoms with Gasteiger partial charge in [-0.05, 0) is 54.7 Å². The molecule has 1 atom stereocenters. The van der Waals surface area contributed by atoms with Crippen molar-refractivity contribution in [3.63, 3.8) is 0 Å². The summed E-state index contributed by atoms with van der Waals surface area (Å²) in [5, 5.41) is 0. The third-order valence-electron chi connectivity index (χ3n) is 4.16. The fourth-order valence-electron chi connectivity index (χ4n) is 2.57. The highest BCUT2D eigenvalue weighted by atomic mass is 32.2. The zero-order chi connectivity index (χ0) is 17.6. The van der Waals surface area contributed by atoms with Gasteiger partial charge >= 0.3 is 0 Å². The molecule has 0 spiro atoms. The first-order valence-electron chi connectivity index (χ1n) is 8.28. The molecule has 0 heterocycles. The average Bonchev–Trinajstić information content (AvgIpc) is 2.63. The van der Waals surface area contributed by atoms with Crippen molar-refractivity contribution in [1.29, 1.82) is 0 Å². The Kier molecular flexibility index (Phi) is 5.69. The van der Waals surface area contributed by atoms with Crippen LogP contribution < -0.4 is 0 Å². The average molecular weight is 347 g/mol. The highest BCUT2D eigenvalue weighted by Crippen LogP contribution is 2.15. The van der Waals surface area contributed by atoms with Crippen LogP contribution in [0.1, 0.15) is 27.8 Å². The number of benzene rings is 3. The van der Waals surface area contributed by atoms with E-state index in [0.717, 1.165) is 22.4 Å². The first-order valence-corrected chi connectivity index (χ1v) is 9.38. The maximum Gasteiger partial charge on any atom is 0.182 e. The number of hydrogen-bond acceptors (Lipinski definition) is 2. The molecule has 0 amide bonds. The lowest BCUT2D eigenvalue weighted by molar-refractivity contribution is 0.597. The summed E-state index contributed by atoms with van der Waals surface area (Å²) in [4.78, 5) is 0.720. The second-order valence-corrected chi connectivity index (χ2v) is 7.32. The minimum atomic E-state index is -1.36. The van der Waals surface area contributed by atoms with Crippen LogP contribution in [0.15, 0.2) is 82.1 Å². The summed E-state index contributed by atoms with van der Waals surface area (Å²) in [6.45, 7) is 4.14. The molecule has 1 unspecified atom stereocenters. The van der Waals surface area contributed by atoms with Gasteiger partial charge in [0.1, 0.15) is 11.4 Å². The standard InChI is InChI=1S/C22H21NOS/c1-17-7-13-22(14-8-17)25(24)23-16-20-11-9-19(10-12-20)15-21-6-4-3-5-18(21)2/h3-14,16H,15H2,1-2H3. The van der Waals surface area contributed by atoms with E-state index < -0.39 is 11.4 Å². The molecule has 3 aromatic rings. The molecule has 126 valence electrons. The predicted molar refractivity (Wildman–Crippen MR) is 106 cm³/mol. The van der Waals surface area contributed by atoms with Crippen molar-refractivity contribution in [3.05, 3.63) is 101 Å². The van der Waals surface area contributed by atoms with Gasteiger partial charge in [0.25, 0.3) is 0 Å². The van der Waals surface area contributed by atoms with Crippen molar-refractivity contribution in [2.75, 3.05) is 0 Å². The monoisotopic (exact) mass is 347 g/mol. The Balaban J connectivity index is 1.66. The van der Waals surface area contributed by atoms with Gasteiger partial charge < -0.3 is 4.55 Å². The van der Waals surface area contributed by atoms with E-state index in [1.165, 1.54) is 16.7 Å². The van der Waals surface area contributed by atoms with E-state index in [0.29, 0.717) is 0 Å². The second-order valence-electron chi connectivity index (χ2n) is 6.14. The van der Waals surface area contributed by atoms with E-state index in [4.69, 9.17) is 0 Å². The maximum atomic E-state index is 12.2. The van der Waals surface area contributed by atoms with Gasteiger partial charge in [-0.25, -0.2) is 0 Å². The number of nitrogens with zero attached hydrogens (tertiary/aromatic N) is 1. The van der Waals surface area contributed by atoms with E-state index in [9.17, 15) is 4.55 Å². The number of rotatable bonds is 5. The van der Waals surface area contributed by atoms with Gasteiger partial charge in [0.15, 0.2) is 4.90 Å². The molecule has 3 heteroatoms. The Morgan fingerprint density at radius 3 is 2.24 bits per heavy atom. The lowest BCUT2D eigenvalue weighted by Gasteiger charge is -2.06. The number of hydrogen-bond donors (Lipinski definition) is 0. The van der Waals surface area contributed by atoms with Gasteiger partial charge in [0.05, 0.1) is 6.21 Å². The Labute approximate surface area is 152 Å². The fraction of sp³-hybridized carbons (Fsp3) is 0.136. The van der Waals surface area contributed by atoms with Crippen molar-refractivity contribution in [3.8, 4) is 0 Å². The first kappa shape index (κ1) is 17.5. The molecule has 0 aromatic heterocycles. The summed E-state index contributed by atoms with van der Waals surface area (Å²) in [6, 6.07) is 24.3. The largest absolute Gasteiger partial charge is 0.586 e. The van der Waals surface area contributed by atoms with Crippen molar-refractivity contribution >= 4 is 17.6 Å². The normalized spacial score (nSPS) is 12.4. The van der Waals surface area contributed by atoms with E-state index >= 15 is 0 Å². The van der Waals surface area contributed by atoms with Crippen LogP contribution in [0.25, 0.3) is 0 Å². The van der Waals surface area contributed by atoms with Crippen LogP contribution in [-0.2, 0) is 17.8 Å². The van der Waals surface area contributed by atoms with Gasteiger partial charge in [-0.3, -0.25) is 0 Å². The van der Waals surface area contributed by atoms with Crippen molar-refractivity contribution < 1.29 is 4.55 Å². The predicted octanol–water partition coefficient (Wildman–Crippen LogP) is 5.04. The zero-order valence-electron chi connectivity index (χ0n) is 14.5. The molecular formula is C22H21NOS. The van der Waals surface area contributed by atoms with Crippen LogP contribution in [0.3, 0.4) is 0 Å². The van der Waals surface area contributed by atoms with Gasteiger partial charge in [0.2, 0.25) is 0 Å². The van der Waals surface area contributed by atoms with E-state index in [1.54, 1.807) is 6.21 Å². The Hall–Kier alpha value is -2.36. The molecule has 2 nitrogen and oxygen atoms in total.